The number of ether oxygens (including phenoxy) is 1. The summed E-state index contributed by atoms with van der Waals surface area (Å²) >= 11 is 5.98. The number of hydrogen-bond acceptors (Lipinski definition) is 2. The van der Waals surface area contributed by atoms with Gasteiger partial charge in [0.1, 0.15) is 11.5 Å². The molecule has 0 unspecified atom stereocenters. The second kappa shape index (κ2) is 6.46. The van der Waals surface area contributed by atoms with Crippen LogP contribution in [0.1, 0.15) is 16.7 Å². The molecule has 0 saturated heterocycles. The molecule has 0 aliphatic rings. The highest BCUT2D eigenvalue weighted by Gasteiger charge is 2.06. The molecule has 2 aromatic rings. The summed E-state index contributed by atoms with van der Waals surface area (Å²) in [5.74, 6) is 0.376. The van der Waals surface area contributed by atoms with Crippen molar-refractivity contribution in [3.05, 3.63) is 64.2 Å². The Balaban J connectivity index is 2.33. The molecule has 0 saturated carbocycles. The zero-order valence-corrected chi connectivity index (χ0v) is 12.5. The number of hydrogen-bond donors (Lipinski definition) is 1. The summed E-state index contributed by atoms with van der Waals surface area (Å²) in [5, 5.41) is 9.27. The average molecular weight is 303 g/mol. The number of rotatable bonds is 4. The van der Waals surface area contributed by atoms with E-state index < -0.39 is 5.97 Å². The molecule has 0 aliphatic heterocycles. The van der Waals surface area contributed by atoms with Gasteiger partial charge in [0.2, 0.25) is 0 Å². The summed E-state index contributed by atoms with van der Waals surface area (Å²) in [6, 6.07) is 11.0. The van der Waals surface area contributed by atoms with Crippen molar-refractivity contribution in [2.24, 2.45) is 0 Å². The maximum atomic E-state index is 10.6. The van der Waals surface area contributed by atoms with Crippen LogP contribution in [0.15, 0.2) is 42.5 Å². The van der Waals surface area contributed by atoms with Crippen LogP contribution in [-0.4, -0.2) is 11.1 Å². The molecule has 0 bridgehead atoms. The lowest BCUT2D eigenvalue weighted by Crippen LogP contribution is -1.91. The first-order chi connectivity index (χ1) is 9.95. The minimum atomic E-state index is -0.983. The van der Waals surface area contributed by atoms with Gasteiger partial charge in [0.05, 0.1) is 0 Å². The van der Waals surface area contributed by atoms with Crippen molar-refractivity contribution in [2.75, 3.05) is 0 Å². The topological polar surface area (TPSA) is 46.5 Å². The number of halogens is 1. The lowest BCUT2D eigenvalue weighted by molar-refractivity contribution is -0.131. The van der Waals surface area contributed by atoms with E-state index in [9.17, 15) is 4.79 Å². The van der Waals surface area contributed by atoms with E-state index in [0.29, 0.717) is 16.5 Å². The molecule has 2 aromatic carbocycles. The van der Waals surface area contributed by atoms with Crippen molar-refractivity contribution in [1.82, 2.24) is 0 Å². The van der Waals surface area contributed by atoms with E-state index in [1.807, 2.05) is 38.1 Å². The van der Waals surface area contributed by atoms with Crippen molar-refractivity contribution in [3.8, 4) is 11.5 Å². The van der Waals surface area contributed by atoms with Crippen molar-refractivity contribution < 1.29 is 14.6 Å². The lowest BCUT2D eigenvalue weighted by atomic mass is 10.1. The first-order valence-electron chi connectivity index (χ1n) is 6.41. The van der Waals surface area contributed by atoms with E-state index in [4.69, 9.17) is 21.4 Å². The van der Waals surface area contributed by atoms with Crippen LogP contribution >= 0.6 is 11.6 Å². The largest absolute Gasteiger partial charge is 0.478 e. The Kier molecular flexibility index (Phi) is 4.66. The molecule has 0 fully saturated rings. The third-order valence-electron chi connectivity index (χ3n) is 3.00. The normalized spacial score (nSPS) is 10.8. The fourth-order valence-electron chi connectivity index (χ4n) is 1.80. The lowest BCUT2D eigenvalue weighted by Gasteiger charge is -2.12. The highest BCUT2D eigenvalue weighted by molar-refractivity contribution is 6.30. The zero-order valence-electron chi connectivity index (χ0n) is 11.8. The van der Waals surface area contributed by atoms with Gasteiger partial charge in [-0.1, -0.05) is 29.8 Å². The first-order valence-corrected chi connectivity index (χ1v) is 6.79. The van der Waals surface area contributed by atoms with E-state index in [2.05, 4.69) is 0 Å². The van der Waals surface area contributed by atoms with Gasteiger partial charge in [-0.2, -0.15) is 0 Å². The van der Waals surface area contributed by atoms with Crippen LogP contribution < -0.4 is 4.74 Å². The number of aryl methyl sites for hydroxylation is 2. The van der Waals surface area contributed by atoms with Gasteiger partial charge in [-0.15, -0.1) is 0 Å². The molecule has 0 radical (unpaired) electrons. The number of benzene rings is 2. The van der Waals surface area contributed by atoms with Crippen LogP contribution in [0.4, 0.5) is 0 Å². The zero-order chi connectivity index (χ0) is 15.4. The van der Waals surface area contributed by atoms with Crippen LogP contribution in [0.3, 0.4) is 0 Å². The molecule has 3 nitrogen and oxygen atoms in total. The molecule has 0 aliphatic carbocycles. The van der Waals surface area contributed by atoms with E-state index >= 15 is 0 Å². The van der Waals surface area contributed by atoms with Gasteiger partial charge in [0.25, 0.3) is 0 Å². The van der Waals surface area contributed by atoms with Crippen LogP contribution in [0.2, 0.25) is 5.02 Å². The summed E-state index contributed by atoms with van der Waals surface area (Å²) in [6.07, 6.45) is 2.62. The standard InChI is InChI=1S/C17H15ClO3/c1-11-3-5-13(6-8-17(19)20)9-15(11)21-16-10-14(18)7-4-12(16)2/h3-10H,1-2H3,(H,19,20)/b8-6+. The third kappa shape index (κ3) is 4.10. The van der Waals surface area contributed by atoms with Crippen molar-refractivity contribution >= 4 is 23.6 Å². The van der Waals surface area contributed by atoms with Gasteiger partial charge in [0.15, 0.2) is 0 Å². The predicted octanol–water partition coefficient (Wildman–Crippen LogP) is 4.85. The minimum Gasteiger partial charge on any atom is -0.478 e. The maximum Gasteiger partial charge on any atom is 0.328 e. The Morgan fingerprint density at radius 3 is 2.38 bits per heavy atom. The van der Waals surface area contributed by atoms with E-state index in [0.717, 1.165) is 22.8 Å². The monoisotopic (exact) mass is 302 g/mol. The number of carboxylic acids is 1. The fraction of sp³-hybridized carbons (Fsp3) is 0.118. The molecule has 0 heterocycles. The van der Waals surface area contributed by atoms with Gasteiger partial charge >= 0.3 is 5.97 Å². The summed E-state index contributed by atoms with van der Waals surface area (Å²) in [6.45, 7) is 3.87. The molecule has 1 N–H and O–H groups in total. The van der Waals surface area contributed by atoms with E-state index in [1.54, 1.807) is 12.1 Å². The number of carbonyl (C=O) groups is 1. The van der Waals surface area contributed by atoms with Gasteiger partial charge < -0.3 is 9.84 Å². The van der Waals surface area contributed by atoms with Crippen molar-refractivity contribution in [1.29, 1.82) is 0 Å². The number of carboxylic acid groups (broad SMARTS) is 1. The molecule has 4 heteroatoms. The van der Waals surface area contributed by atoms with Crippen molar-refractivity contribution in [3.63, 3.8) is 0 Å². The smallest absolute Gasteiger partial charge is 0.328 e. The van der Waals surface area contributed by atoms with Crippen LogP contribution in [0.5, 0.6) is 11.5 Å². The van der Waals surface area contributed by atoms with Crippen LogP contribution in [-0.2, 0) is 4.79 Å². The fourth-order valence-corrected chi connectivity index (χ4v) is 1.96. The van der Waals surface area contributed by atoms with E-state index in [1.165, 1.54) is 6.08 Å². The Labute approximate surface area is 128 Å². The molecule has 0 atom stereocenters. The summed E-state index contributed by atoms with van der Waals surface area (Å²) in [7, 11) is 0. The van der Waals surface area contributed by atoms with Gasteiger partial charge in [-0.3, -0.25) is 0 Å². The first kappa shape index (κ1) is 15.1. The summed E-state index contributed by atoms with van der Waals surface area (Å²) in [5.41, 5.74) is 2.70. The Hall–Kier alpha value is -2.26. The molecular weight excluding hydrogens is 288 g/mol. The Bertz CT molecular complexity index is 705. The Morgan fingerprint density at radius 1 is 1.10 bits per heavy atom. The predicted molar refractivity (Wildman–Crippen MR) is 84.1 cm³/mol. The molecule has 0 amide bonds. The highest BCUT2D eigenvalue weighted by atomic mass is 35.5. The minimum absolute atomic E-state index is 0.607. The average Bonchev–Trinajstić information content (AvgIpc) is 2.43. The van der Waals surface area contributed by atoms with Gasteiger partial charge in [-0.25, -0.2) is 4.79 Å². The van der Waals surface area contributed by atoms with Gasteiger partial charge in [-0.05, 0) is 54.8 Å². The second-order valence-corrected chi connectivity index (χ2v) is 5.14. The van der Waals surface area contributed by atoms with E-state index in [-0.39, 0.29) is 0 Å². The summed E-state index contributed by atoms with van der Waals surface area (Å²) < 4.78 is 5.90. The second-order valence-electron chi connectivity index (χ2n) is 4.71. The highest BCUT2D eigenvalue weighted by Crippen LogP contribution is 2.30. The van der Waals surface area contributed by atoms with Crippen LogP contribution in [0, 0.1) is 13.8 Å². The maximum absolute atomic E-state index is 10.6. The van der Waals surface area contributed by atoms with Crippen molar-refractivity contribution in [2.45, 2.75) is 13.8 Å². The molecular formula is C17H15ClO3. The Morgan fingerprint density at radius 2 is 1.71 bits per heavy atom. The van der Waals surface area contributed by atoms with Crippen LogP contribution in [0.25, 0.3) is 6.08 Å². The van der Waals surface area contributed by atoms with Gasteiger partial charge in [0, 0.05) is 11.1 Å². The summed E-state index contributed by atoms with van der Waals surface area (Å²) in [4.78, 5) is 10.6. The molecule has 21 heavy (non-hydrogen) atoms. The SMILES string of the molecule is Cc1ccc(Cl)cc1Oc1cc(/C=C/C(=O)O)ccc1C. The third-order valence-corrected chi connectivity index (χ3v) is 3.24. The molecule has 0 spiro atoms. The molecule has 0 aromatic heterocycles. The molecule has 2 rings (SSSR count). The molecule has 108 valence electrons. The quantitative estimate of drug-likeness (QED) is 0.821. The number of aliphatic carboxylic acids is 1.